The van der Waals surface area contributed by atoms with E-state index in [4.69, 9.17) is 10.5 Å². The molecular formula is C19H20F3N3O3. The highest BCUT2D eigenvalue weighted by molar-refractivity contribution is 5.93. The Labute approximate surface area is 159 Å². The number of carbonyl (C=O) groups is 1. The molecule has 6 nitrogen and oxygen atoms in total. The number of ether oxygens (including phenoxy) is 1. The zero-order valence-electron chi connectivity index (χ0n) is 15.2. The first kappa shape index (κ1) is 20.1. The van der Waals surface area contributed by atoms with Gasteiger partial charge in [0.2, 0.25) is 0 Å². The van der Waals surface area contributed by atoms with E-state index in [1.165, 1.54) is 12.1 Å². The summed E-state index contributed by atoms with van der Waals surface area (Å²) < 4.78 is 45.6. The number of benzene rings is 1. The zero-order valence-corrected chi connectivity index (χ0v) is 15.2. The second-order valence-electron chi connectivity index (χ2n) is 6.78. The highest BCUT2D eigenvalue weighted by Crippen LogP contribution is 2.35. The molecule has 1 atom stereocenters. The van der Waals surface area contributed by atoms with Crippen molar-refractivity contribution in [2.45, 2.75) is 25.7 Å². The highest BCUT2D eigenvalue weighted by Gasteiger charge is 2.36. The molecule has 0 bridgehead atoms. The molecule has 0 saturated carbocycles. The van der Waals surface area contributed by atoms with Crippen LogP contribution in [0.4, 0.5) is 13.2 Å². The number of nitrogens with one attached hydrogen (secondary N) is 1. The predicted molar refractivity (Wildman–Crippen MR) is 96.7 cm³/mol. The Morgan fingerprint density at radius 3 is 2.57 bits per heavy atom. The SMILES string of the molecule is CC1CN(Cc2ccc(-c3cc(C(N)=O)c(=O)[nH]c3C(F)(F)F)cc2)CCO1. The van der Waals surface area contributed by atoms with Crippen LogP contribution in [-0.4, -0.2) is 41.6 Å². The van der Waals surface area contributed by atoms with Crippen molar-refractivity contribution in [3.8, 4) is 11.1 Å². The van der Waals surface area contributed by atoms with E-state index in [1.54, 1.807) is 17.1 Å². The van der Waals surface area contributed by atoms with Gasteiger partial charge in [-0.3, -0.25) is 14.5 Å². The van der Waals surface area contributed by atoms with E-state index in [0.29, 0.717) is 13.2 Å². The van der Waals surface area contributed by atoms with Crippen LogP contribution in [0, 0.1) is 0 Å². The third-order valence-corrected chi connectivity index (χ3v) is 4.59. The number of aromatic nitrogens is 1. The van der Waals surface area contributed by atoms with Gasteiger partial charge in [-0.25, -0.2) is 0 Å². The standard InChI is InChI=1S/C19H20F3N3O3/c1-11-9-25(6-7-28-11)10-12-2-4-13(5-3-12)14-8-15(17(23)26)18(27)24-16(14)19(20,21)22/h2-5,8,11H,6-7,9-10H2,1H3,(H2,23,26)(H,24,27). The second kappa shape index (κ2) is 7.76. The maximum Gasteiger partial charge on any atom is 0.431 e. The summed E-state index contributed by atoms with van der Waals surface area (Å²) in [5, 5.41) is 0. The van der Waals surface area contributed by atoms with Gasteiger partial charge in [-0.2, -0.15) is 13.2 Å². The Hall–Kier alpha value is -2.65. The summed E-state index contributed by atoms with van der Waals surface area (Å²) in [6, 6.07) is 7.41. The maximum absolute atomic E-state index is 13.4. The third-order valence-electron chi connectivity index (χ3n) is 4.59. The number of pyridine rings is 1. The first-order valence-electron chi connectivity index (χ1n) is 8.72. The summed E-state index contributed by atoms with van der Waals surface area (Å²) in [4.78, 5) is 27.1. The third kappa shape index (κ3) is 4.42. The summed E-state index contributed by atoms with van der Waals surface area (Å²) in [6.07, 6.45) is -4.65. The monoisotopic (exact) mass is 395 g/mol. The van der Waals surface area contributed by atoms with Crippen LogP contribution in [0.15, 0.2) is 35.1 Å². The van der Waals surface area contributed by atoms with Crippen molar-refractivity contribution in [2.75, 3.05) is 19.7 Å². The summed E-state index contributed by atoms with van der Waals surface area (Å²) in [7, 11) is 0. The van der Waals surface area contributed by atoms with Gasteiger partial charge in [-0.15, -0.1) is 0 Å². The van der Waals surface area contributed by atoms with Gasteiger partial charge in [0, 0.05) is 25.2 Å². The lowest BCUT2D eigenvalue weighted by atomic mass is 10.00. The number of aromatic amines is 1. The highest BCUT2D eigenvalue weighted by atomic mass is 19.4. The Morgan fingerprint density at radius 2 is 2.00 bits per heavy atom. The van der Waals surface area contributed by atoms with E-state index in [-0.39, 0.29) is 17.2 Å². The molecule has 2 aromatic rings. The summed E-state index contributed by atoms with van der Waals surface area (Å²) >= 11 is 0. The van der Waals surface area contributed by atoms with Crippen LogP contribution < -0.4 is 11.3 Å². The van der Waals surface area contributed by atoms with Gasteiger partial charge in [0.15, 0.2) is 0 Å². The van der Waals surface area contributed by atoms with Gasteiger partial charge in [-0.05, 0) is 24.1 Å². The molecule has 1 fully saturated rings. The van der Waals surface area contributed by atoms with Gasteiger partial charge in [-0.1, -0.05) is 24.3 Å². The molecule has 1 aromatic carbocycles. The number of nitrogens with two attached hydrogens (primary N) is 1. The van der Waals surface area contributed by atoms with Gasteiger partial charge in [0.25, 0.3) is 11.5 Å². The fraction of sp³-hybridized carbons (Fsp3) is 0.368. The second-order valence-corrected chi connectivity index (χ2v) is 6.78. The van der Waals surface area contributed by atoms with Crippen molar-refractivity contribution in [3.63, 3.8) is 0 Å². The normalized spacial score (nSPS) is 18.2. The van der Waals surface area contributed by atoms with Crippen molar-refractivity contribution < 1.29 is 22.7 Å². The Morgan fingerprint density at radius 1 is 1.32 bits per heavy atom. The van der Waals surface area contributed by atoms with Gasteiger partial charge < -0.3 is 15.5 Å². The molecule has 0 radical (unpaired) electrons. The number of nitrogens with zero attached hydrogens (tertiary/aromatic N) is 1. The largest absolute Gasteiger partial charge is 0.431 e. The van der Waals surface area contributed by atoms with E-state index in [1.807, 2.05) is 6.92 Å². The lowest BCUT2D eigenvalue weighted by Gasteiger charge is -2.31. The number of halogens is 3. The maximum atomic E-state index is 13.4. The van der Waals surface area contributed by atoms with E-state index >= 15 is 0 Å². The van der Waals surface area contributed by atoms with E-state index in [9.17, 15) is 22.8 Å². The lowest BCUT2D eigenvalue weighted by Crippen LogP contribution is -2.40. The minimum atomic E-state index is -4.78. The molecule has 1 amide bonds. The molecule has 1 aromatic heterocycles. The molecular weight excluding hydrogens is 375 g/mol. The molecule has 1 unspecified atom stereocenters. The number of carbonyl (C=O) groups excluding carboxylic acids is 1. The molecule has 3 rings (SSSR count). The molecule has 0 aliphatic carbocycles. The first-order chi connectivity index (χ1) is 13.1. The van der Waals surface area contributed by atoms with E-state index in [0.717, 1.165) is 24.7 Å². The number of rotatable bonds is 4. The molecule has 1 saturated heterocycles. The van der Waals surface area contributed by atoms with Crippen molar-refractivity contribution in [1.82, 2.24) is 9.88 Å². The van der Waals surface area contributed by atoms with Crippen LogP contribution in [0.1, 0.15) is 28.5 Å². The number of primary amides is 1. The fourth-order valence-electron chi connectivity index (χ4n) is 3.25. The molecule has 3 N–H and O–H groups in total. The van der Waals surface area contributed by atoms with Crippen molar-refractivity contribution >= 4 is 5.91 Å². The number of amides is 1. The van der Waals surface area contributed by atoms with Crippen LogP contribution >= 0.6 is 0 Å². The van der Waals surface area contributed by atoms with Gasteiger partial charge in [0.1, 0.15) is 11.3 Å². The van der Waals surface area contributed by atoms with Crippen LogP contribution in [0.2, 0.25) is 0 Å². The van der Waals surface area contributed by atoms with Crippen molar-refractivity contribution in [1.29, 1.82) is 0 Å². The van der Waals surface area contributed by atoms with Crippen LogP contribution in [-0.2, 0) is 17.5 Å². The minimum Gasteiger partial charge on any atom is -0.376 e. The molecule has 150 valence electrons. The molecule has 28 heavy (non-hydrogen) atoms. The summed E-state index contributed by atoms with van der Waals surface area (Å²) in [5.74, 6) is -1.09. The summed E-state index contributed by atoms with van der Waals surface area (Å²) in [6.45, 7) is 4.84. The van der Waals surface area contributed by atoms with Gasteiger partial charge >= 0.3 is 6.18 Å². The van der Waals surface area contributed by atoms with Crippen molar-refractivity contribution in [3.05, 3.63) is 57.5 Å². The smallest absolute Gasteiger partial charge is 0.376 e. The number of morpholine rings is 1. The van der Waals surface area contributed by atoms with Crippen LogP contribution in [0.5, 0.6) is 0 Å². The van der Waals surface area contributed by atoms with Gasteiger partial charge in [0.05, 0.1) is 12.7 Å². The number of alkyl halides is 3. The molecule has 9 heteroatoms. The average Bonchev–Trinajstić information content (AvgIpc) is 2.61. The Balaban J connectivity index is 1.93. The zero-order chi connectivity index (χ0) is 20.5. The minimum absolute atomic E-state index is 0.135. The quantitative estimate of drug-likeness (QED) is 0.832. The number of hydrogen-bond acceptors (Lipinski definition) is 4. The van der Waals surface area contributed by atoms with Crippen LogP contribution in [0.3, 0.4) is 0 Å². The lowest BCUT2D eigenvalue weighted by molar-refractivity contribution is -0.140. The predicted octanol–water partition coefficient (Wildman–Crippen LogP) is 2.38. The number of H-pyrrole nitrogens is 1. The topological polar surface area (TPSA) is 88.4 Å². The molecule has 0 spiro atoms. The number of hydrogen-bond donors (Lipinski definition) is 2. The molecule has 1 aliphatic heterocycles. The van der Waals surface area contributed by atoms with Crippen LogP contribution in [0.25, 0.3) is 11.1 Å². The van der Waals surface area contributed by atoms with Crippen molar-refractivity contribution in [2.24, 2.45) is 5.73 Å². The molecule has 2 heterocycles. The van der Waals surface area contributed by atoms with E-state index < -0.39 is 28.9 Å². The fourth-order valence-corrected chi connectivity index (χ4v) is 3.25. The average molecular weight is 395 g/mol. The first-order valence-corrected chi connectivity index (χ1v) is 8.72. The summed E-state index contributed by atoms with van der Waals surface area (Å²) in [5.41, 5.74) is 3.07. The van der Waals surface area contributed by atoms with E-state index in [2.05, 4.69) is 4.90 Å². The Kier molecular flexibility index (Phi) is 5.57. The molecule has 1 aliphatic rings. The Bertz CT molecular complexity index is 923.